The van der Waals surface area contributed by atoms with Gasteiger partial charge in [-0.05, 0) is 90.3 Å². The third kappa shape index (κ3) is 2.90. The number of allylic oxidation sites excluding steroid dienone is 1. The van der Waals surface area contributed by atoms with E-state index in [0.717, 1.165) is 5.56 Å². The van der Waals surface area contributed by atoms with Gasteiger partial charge in [-0.1, -0.05) is 97.1 Å². The molecule has 2 aliphatic rings. The molecule has 0 saturated heterocycles. The number of halogens is 1. The van der Waals surface area contributed by atoms with E-state index in [2.05, 4.69) is 112 Å². The summed E-state index contributed by atoms with van der Waals surface area (Å²) in [7, 11) is 0. The summed E-state index contributed by atoms with van der Waals surface area (Å²) in [5.74, 6) is -0.119. The van der Waals surface area contributed by atoms with Gasteiger partial charge >= 0.3 is 0 Å². The first-order valence-electron chi connectivity index (χ1n) is 12.0. The van der Waals surface area contributed by atoms with Crippen molar-refractivity contribution in [1.82, 2.24) is 4.98 Å². The molecule has 170 valence electrons. The molecule has 0 radical (unpaired) electrons. The van der Waals surface area contributed by atoms with Gasteiger partial charge in [0.1, 0.15) is 10.3 Å². The van der Waals surface area contributed by atoms with Crippen molar-refractivity contribution in [2.24, 2.45) is 0 Å². The predicted molar refractivity (Wildman–Crippen MR) is 148 cm³/mol. The highest BCUT2D eigenvalue weighted by atomic mass is 79.9. The zero-order valence-corrected chi connectivity index (χ0v) is 20.9. The summed E-state index contributed by atoms with van der Waals surface area (Å²) in [6.07, 6.45) is 3.51. The average molecular weight is 526 g/mol. The Labute approximate surface area is 218 Å². The molecular formula is C33H20BrNO. The highest BCUT2D eigenvalue weighted by molar-refractivity contribution is 9.10. The molecule has 36 heavy (non-hydrogen) atoms. The number of rotatable bonds is 3. The summed E-state index contributed by atoms with van der Waals surface area (Å²) >= 11 is 3.35. The van der Waals surface area contributed by atoms with E-state index in [4.69, 9.17) is 0 Å². The van der Waals surface area contributed by atoms with Crippen LogP contribution in [0.25, 0.3) is 28.3 Å². The molecule has 0 N–H and O–H groups in total. The number of ketones is 1. The SMILES string of the molecule is O=C(/C=C/c1ccc2c(c1)C1(c3ccccc3-c3ccccc31)c1ccccc1-2)c1cccc(Br)n1. The number of carbonyl (C=O) groups is 1. The molecule has 4 aromatic carbocycles. The van der Waals surface area contributed by atoms with Crippen LogP contribution in [-0.4, -0.2) is 10.8 Å². The Balaban J connectivity index is 1.44. The van der Waals surface area contributed by atoms with Gasteiger partial charge in [-0.15, -0.1) is 0 Å². The lowest BCUT2D eigenvalue weighted by Crippen LogP contribution is -2.25. The zero-order valence-electron chi connectivity index (χ0n) is 19.3. The van der Waals surface area contributed by atoms with Crippen LogP contribution in [-0.2, 0) is 5.41 Å². The van der Waals surface area contributed by atoms with Crippen LogP contribution in [0.3, 0.4) is 0 Å². The monoisotopic (exact) mass is 525 g/mol. The fraction of sp³-hybridized carbons (Fsp3) is 0.0303. The maximum atomic E-state index is 12.8. The third-order valence-corrected chi connectivity index (χ3v) is 7.86. The molecule has 0 unspecified atom stereocenters. The van der Waals surface area contributed by atoms with Gasteiger partial charge < -0.3 is 0 Å². The minimum Gasteiger partial charge on any atom is -0.288 e. The topological polar surface area (TPSA) is 30.0 Å². The van der Waals surface area contributed by atoms with Gasteiger partial charge in [0.25, 0.3) is 0 Å². The number of fused-ring (bicyclic) bond motifs is 10. The molecule has 5 aromatic rings. The number of carbonyl (C=O) groups excluding carboxylic acids is 1. The van der Waals surface area contributed by atoms with E-state index in [1.165, 1.54) is 44.5 Å². The van der Waals surface area contributed by atoms with Crippen LogP contribution in [0.5, 0.6) is 0 Å². The van der Waals surface area contributed by atoms with Crippen LogP contribution in [0.4, 0.5) is 0 Å². The lowest BCUT2D eigenvalue weighted by molar-refractivity contribution is 0.104. The Morgan fingerprint density at radius 2 is 1.19 bits per heavy atom. The second kappa shape index (κ2) is 7.97. The smallest absolute Gasteiger partial charge is 0.204 e. The van der Waals surface area contributed by atoms with Crippen molar-refractivity contribution in [2.75, 3.05) is 0 Å². The van der Waals surface area contributed by atoms with Gasteiger partial charge in [-0.2, -0.15) is 0 Å². The first-order chi connectivity index (χ1) is 17.7. The minimum absolute atomic E-state index is 0.119. The van der Waals surface area contributed by atoms with E-state index in [1.54, 1.807) is 12.1 Å². The van der Waals surface area contributed by atoms with Crippen LogP contribution in [0, 0.1) is 0 Å². The second-order valence-corrected chi connectivity index (χ2v) is 10.0. The fourth-order valence-corrected chi connectivity index (χ4v) is 6.36. The summed E-state index contributed by atoms with van der Waals surface area (Å²) in [5.41, 5.74) is 11.3. The summed E-state index contributed by atoms with van der Waals surface area (Å²) < 4.78 is 0.651. The molecule has 0 bridgehead atoms. The quantitative estimate of drug-likeness (QED) is 0.132. The molecular weight excluding hydrogens is 506 g/mol. The average Bonchev–Trinajstić information content (AvgIpc) is 3.39. The maximum absolute atomic E-state index is 12.8. The van der Waals surface area contributed by atoms with Crippen LogP contribution in [0.15, 0.2) is 120 Å². The molecule has 0 amide bonds. The fourth-order valence-electron chi connectivity index (χ4n) is 6.02. The van der Waals surface area contributed by atoms with Crippen molar-refractivity contribution >= 4 is 27.8 Å². The van der Waals surface area contributed by atoms with Crippen molar-refractivity contribution in [2.45, 2.75) is 5.41 Å². The van der Waals surface area contributed by atoms with Gasteiger partial charge in [-0.3, -0.25) is 4.79 Å². The van der Waals surface area contributed by atoms with Gasteiger partial charge in [0.05, 0.1) is 5.41 Å². The van der Waals surface area contributed by atoms with E-state index in [-0.39, 0.29) is 11.2 Å². The predicted octanol–water partition coefficient (Wildman–Crippen LogP) is 8.08. The van der Waals surface area contributed by atoms with Crippen molar-refractivity contribution in [1.29, 1.82) is 0 Å². The highest BCUT2D eigenvalue weighted by Crippen LogP contribution is 2.62. The molecule has 1 aromatic heterocycles. The molecule has 7 rings (SSSR count). The van der Waals surface area contributed by atoms with Crippen molar-refractivity contribution in [3.05, 3.63) is 153 Å². The van der Waals surface area contributed by atoms with Crippen LogP contribution < -0.4 is 0 Å². The number of hydrogen-bond acceptors (Lipinski definition) is 2. The Hall–Kier alpha value is -4.08. The van der Waals surface area contributed by atoms with Gasteiger partial charge in [0.2, 0.25) is 5.78 Å². The molecule has 2 nitrogen and oxygen atoms in total. The normalized spacial score (nSPS) is 13.9. The zero-order chi connectivity index (χ0) is 24.3. The van der Waals surface area contributed by atoms with Crippen LogP contribution in [0.2, 0.25) is 0 Å². The number of benzene rings is 4. The Kier molecular flexibility index (Phi) is 4.70. The number of nitrogens with zero attached hydrogens (tertiary/aromatic N) is 1. The lowest BCUT2D eigenvalue weighted by Gasteiger charge is -2.30. The van der Waals surface area contributed by atoms with E-state index >= 15 is 0 Å². The Bertz CT molecular complexity index is 1670. The number of aromatic nitrogens is 1. The molecule has 1 spiro atoms. The molecule has 0 atom stereocenters. The van der Waals surface area contributed by atoms with Gasteiger partial charge in [0.15, 0.2) is 0 Å². The summed E-state index contributed by atoms with van der Waals surface area (Å²) in [6, 6.07) is 38.2. The molecule has 0 saturated carbocycles. The second-order valence-electron chi connectivity index (χ2n) is 9.23. The number of pyridine rings is 1. The number of hydrogen-bond donors (Lipinski definition) is 0. The highest BCUT2D eigenvalue weighted by Gasteiger charge is 2.51. The summed E-state index contributed by atoms with van der Waals surface area (Å²) in [4.78, 5) is 17.1. The van der Waals surface area contributed by atoms with Gasteiger partial charge in [-0.25, -0.2) is 4.98 Å². The molecule has 2 aliphatic carbocycles. The first kappa shape index (κ1) is 21.2. The molecule has 1 heterocycles. The molecule has 0 fully saturated rings. The van der Waals surface area contributed by atoms with E-state index in [9.17, 15) is 4.79 Å². The van der Waals surface area contributed by atoms with E-state index in [1.807, 2.05) is 18.2 Å². The van der Waals surface area contributed by atoms with E-state index < -0.39 is 0 Å². The van der Waals surface area contributed by atoms with E-state index in [0.29, 0.717) is 10.3 Å². The van der Waals surface area contributed by atoms with Crippen molar-refractivity contribution in [3.8, 4) is 22.3 Å². The van der Waals surface area contributed by atoms with Crippen molar-refractivity contribution in [3.63, 3.8) is 0 Å². The van der Waals surface area contributed by atoms with Gasteiger partial charge in [0, 0.05) is 0 Å². The minimum atomic E-state index is -0.376. The Morgan fingerprint density at radius 3 is 1.78 bits per heavy atom. The standard InChI is InChI=1S/C33H20BrNO/c34-32-15-7-14-30(35-32)31(36)19-17-21-16-18-25-24-10-3-6-13-28(24)33(29(25)20-21)26-11-4-1-8-22(26)23-9-2-5-12-27(23)33/h1-20H/b19-17+. The lowest BCUT2D eigenvalue weighted by atomic mass is 9.70. The van der Waals surface area contributed by atoms with Crippen LogP contribution >= 0.6 is 15.9 Å². The largest absolute Gasteiger partial charge is 0.288 e. The molecule has 3 heteroatoms. The maximum Gasteiger partial charge on any atom is 0.204 e. The third-order valence-electron chi connectivity index (χ3n) is 7.42. The van der Waals surface area contributed by atoms with Crippen molar-refractivity contribution < 1.29 is 4.79 Å². The first-order valence-corrected chi connectivity index (χ1v) is 12.8. The van der Waals surface area contributed by atoms with Crippen LogP contribution in [0.1, 0.15) is 38.3 Å². The summed E-state index contributed by atoms with van der Waals surface area (Å²) in [5, 5.41) is 0. The summed E-state index contributed by atoms with van der Waals surface area (Å²) in [6.45, 7) is 0. The Morgan fingerprint density at radius 1 is 0.639 bits per heavy atom. The molecule has 0 aliphatic heterocycles.